The Hall–Kier alpha value is -1.58. The van der Waals surface area contributed by atoms with Gasteiger partial charge in [0, 0.05) is 13.6 Å². The number of carbonyl (C=O) groups excluding carboxylic acids is 1. The van der Waals surface area contributed by atoms with E-state index in [4.69, 9.17) is 0 Å². The van der Waals surface area contributed by atoms with E-state index < -0.39 is 0 Å². The summed E-state index contributed by atoms with van der Waals surface area (Å²) in [4.78, 5) is 16.0. The number of carbonyl (C=O) groups is 1. The van der Waals surface area contributed by atoms with Crippen molar-refractivity contribution < 1.29 is 4.79 Å². The molecule has 0 aliphatic heterocycles. The van der Waals surface area contributed by atoms with Gasteiger partial charge in [-0.2, -0.15) is 0 Å². The van der Waals surface area contributed by atoms with Crippen molar-refractivity contribution in [3.05, 3.63) is 23.9 Å². The van der Waals surface area contributed by atoms with Gasteiger partial charge in [0.15, 0.2) is 0 Å². The van der Waals surface area contributed by atoms with E-state index in [9.17, 15) is 4.79 Å². The molecule has 4 nitrogen and oxygen atoms in total. The zero-order valence-electron chi connectivity index (χ0n) is 10.2. The van der Waals surface area contributed by atoms with Crippen LogP contribution < -0.4 is 10.6 Å². The first kappa shape index (κ1) is 11.9. The summed E-state index contributed by atoms with van der Waals surface area (Å²) >= 11 is 0. The van der Waals surface area contributed by atoms with Gasteiger partial charge < -0.3 is 10.6 Å². The largest absolute Gasteiger partial charge is 0.373 e. The molecule has 92 valence electrons. The molecule has 0 unspecified atom stereocenters. The first-order chi connectivity index (χ1) is 8.29. The number of nitrogens with zero attached hydrogens (tertiary/aromatic N) is 1. The van der Waals surface area contributed by atoms with Crippen molar-refractivity contribution in [2.45, 2.75) is 25.7 Å². The van der Waals surface area contributed by atoms with Crippen LogP contribution in [0.4, 0.5) is 5.82 Å². The second-order valence-corrected chi connectivity index (χ2v) is 4.50. The molecule has 1 heterocycles. The van der Waals surface area contributed by atoms with Crippen molar-refractivity contribution in [3.8, 4) is 0 Å². The fourth-order valence-corrected chi connectivity index (χ4v) is 1.79. The number of pyridine rings is 1. The molecule has 1 aliphatic carbocycles. The third-order valence-electron chi connectivity index (χ3n) is 3.01. The molecule has 0 aromatic carbocycles. The van der Waals surface area contributed by atoms with Crippen LogP contribution in [0.25, 0.3) is 0 Å². The number of hydrogen-bond acceptors (Lipinski definition) is 3. The average Bonchev–Trinajstić information content (AvgIpc) is 3.18. The Morgan fingerprint density at radius 2 is 2.29 bits per heavy atom. The molecule has 17 heavy (non-hydrogen) atoms. The third-order valence-corrected chi connectivity index (χ3v) is 3.01. The van der Waals surface area contributed by atoms with Gasteiger partial charge in [0.1, 0.15) is 11.5 Å². The fraction of sp³-hybridized carbons (Fsp3) is 0.538. The van der Waals surface area contributed by atoms with Gasteiger partial charge >= 0.3 is 0 Å². The van der Waals surface area contributed by atoms with Crippen molar-refractivity contribution in [3.63, 3.8) is 0 Å². The van der Waals surface area contributed by atoms with Crippen molar-refractivity contribution in [2.24, 2.45) is 5.92 Å². The van der Waals surface area contributed by atoms with Crippen molar-refractivity contribution >= 4 is 11.7 Å². The molecule has 0 spiro atoms. The van der Waals surface area contributed by atoms with Crippen molar-refractivity contribution in [2.75, 3.05) is 18.9 Å². The van der Waals surface area contributed by atoms with Gasteiger partial charge in [0.25, 0.3) is 5.91 Å². The zero-order chi connectivity index (χ0) is 12.1. The number of amides is 1. The number of nitrogens with one attached hydrogen (secondary N) is 2. The SMILES string of the molecule is CNc1cccc(C(=O)NCCCC2CC2)n1. The number of aromatic nitrogens is 1. The van der Waals surface area contributed by atoms with Crippen LogP contribution in [0.5, 0.6) is 0 Å². The molecule has 2 N–H and O–H groups in total. The molecule has 2 rings (SSSR count). The van der Waals surface area contributed by atoms with Crippen LogP contribution in [-0.2, 0) is 0 Å². The van der Waals surface area contributed by atoms with Gasteiger partial charge in [-0.05, 0) is 30.9 Å². The highest BCUT2D eigenvalue weighted by atomic mass is 16.1. The van der Waals surface area contributed by atoms with E-state index in [-0.39, 0.29) is 5.91 Å². The molecule has 4 heteroatoms. The quantitative estimate of drug-likeness (QED) is 0.739. The Bertz CT molecular complexity index is 388. The van der Waals surface area contributed by atoms with Crippen LogP contribution in [0.2, 0.25) is 0 Å². The zero-order valence-corrected chi connectivity index (χ0v) is 10.2. The van der Waals surface area contributed by atoms with E-state index in [1.807, 2.05) is 12.1 Å². The van der Waals surface area contributed by atoms with Crippen molar-refractivity contribution in [1.29, 1.82) is 0 Å². The molecule has 1 aromatic rings. The van der Waals surface area contributed by atoms with Gasteiger partial charge in [-0.15, -0.1) is 0 Å². The summed E-state index contributed by atoms with van der Waals surface area (Å²) in [5.74, 6) is 1.56. The highest BCUT2D eigenvalue weighted by molar-refractivity contribution is 5.92. The minimum Gasteiger partial charge on any atom is -0.373 e. The molecule has 1 saturated carbocycles. The first-order valence-corrected chi connectivity index (χ1v) is 6.22. The summed E-state index contributed by atoms with van der Waals surface area (Å²) in [7, 11) is 1.79. The third kappa shape index (κ3) is 3.73. The van der Waals surface area contributed by atoms with Crippen molar-refractivity contribution in [1.82, 2.24) is 10.3 Å². The van der Waals surface area contributed by atoms with E-state index in [1.165, 1.54) is 19.3 Å². The predicted octanol–water partition coefficient (Wildman–Crippen LogP) is 2.04. The Labute approximate surface area is 102 Å². The topological polar surface area (TPSA) is 54.0 Å². The van der Waals surface area contributed by atoms with E-state index in [2.05, 4.69) is 15.6 Å². The Kier molecular flexibility index (Phi) is 3.96. The highest BCUT2D eigenvalue weighted by Gasteiger charge is 2.20. The summed E-state index contributed by atoms with van der Waals surface area (Å²) in [5, 5.41) is 5.83. The molecule has 1 amide bonds. The van der Waals surface area contributed by atoms with Crippen LogP contribution in [-0.4, -0.2) is 24.5 Å². The monoisotopic (exact) mass is 233 g/mol. The molecular formula is C13H19N3O. The predicted molar refractivity (Wildman–Crippen MR) is 68.1 cm³/mol. The lowest BCUT2D eigenvalue weighted by molar-refractivity contribution is 0.0948. The maximum atomic E-state index is 11.8. The Balaban J connectivity index is 1.76. The second-order valence-electron chi connectivity index (χ2n) is 4.50. The highest BCUT2D eigenvalue weighted by Crippen LogP contribution is 2.33. The van der Waals surface area contributed by atoms with Gasteiger partial charge in [-0.25, -0.2) is 4.98 Å². The lowest BCUT2D eigenvalue weighted by Crippen LogP contribution is -2.25. The Morgan fingerprint density at radius 3 is 3.00 bits per heavy atom. The maximum Gasteiger partial charge on any atom is 0.269 e. The minimum absolute atomic E-state index is 0.0853. The Morgan fingerprint density at radius 1 is 1.47 bits per heavy atom. The summed E-state index contributed by atoms with van der Waals surface area (Å²) < 4.78 is 0. The van der Waals surface area contributed by atoms with E-state index in [0.29, 0.717) is 5.69 Å². The standard InChI is InChI=1S/C13H19N3O/c1-14-12-6-2-5-11(16-12)13(17)15-9-3-4-10-7-8-10/h2,5-6,10H,3-4,7-9H2,1H3,(H,14,16)(H,15,17). The summed E-state index contributed by atoms with van der Waals surface area (Å²) in [5.41, 5.74) is 0.475. The summed E-state index contributed by atoms with van der Waals surface area (Å²) in [6, 6.07) is 5.40. The van der Waals surface area contributed by atoms with E-state index in [0.717, 1.165) is 24.7 Å². The van der Waals surface area contributed by atoms with Crippen LogP contribution in [0, 0.1) is 5.92 Å². The second kappa shape index (κ2) is 5.66. The molecule has 0 saturated heterocycles. The summed E-state index contributed by atoms with van der Waals surface area (Å²) in [6.07, 6.45) is 5.06. The molecule has 0 bridgehead atoms. The van der Waals surface area contributed by atoms with E-state index in [1.54, 1.807) is 13.1 Å². The molecule has 1 fully saturated rings. The van der Waals surface area contributed by atoms with Crippen LogP contribution in [0.3, 0.4) is 0 Å². The fourth-order valence-electron chi connectivity index (χ4n) is 1.79. The molecule has 1 aliphatic rings. The molecule has 0 radical (unpaired) electrons. The first-order valence-electron chi connectivity index (χ1n) is 6.22. The summed E-state index contributed by atoms with van der Waals surface area (Å²) in [6.45, 7) is 0.751. The van der Waals surface area contributed by atoms with E-state index >= 15 is 0 Å². The van der Waals surface area contributed by atoms with Gasteiger partial charge in [-0.3, -0.25) is 4.79 Å². The number of anilines is 1. The molecule has 0 atom stereocenters. The molecular weight excluding hydrogens is 214 g/mol. The van der Waals surface area contributed by atoms with Crippen LogP contribution in [0.1, 0.15) is 36.2 Å². The van der Waals surface area contributed by atoms with Crippen LogP contribution in [0.15, 0.2) is 18.2 Å². The van der Waals surface area contributed by atoms with Gasteiger partial charge in [0.05, 0.1) is 0 Å². The van der Waals surface area contributed by atoms with Gasteiger partial charge in [-0.1, -0.05) is 18.9 Å². The normalized spacial score (nSPS) is 14.4. The minimum atomic E-state index is -0.0853. The van der Waals surface area contributed by atoms with Crippen LogP contribution >= 0.6 is 0 Å². The lowest BCUT2D eigenvalue weighted by Gasteiger charge is -2.05. The average molecular weight is 233 g/mol. The smallest absolute Gasteiger partial charge is 0.269 e. The number of rotatable bonds is 6. The number of hydrogen-bond donors (Lipinski definition) is 2. The van der Waals surface area contributed by atoms with Gasteiger partial charge in [0.2, 0.25) is 0 Å². The molecule has 1 aromatic heterocycles. The maximum absolute atomic E-state index is 11.8. The lowest BCUT2D eigenvalue weighted by atomic mass is 10.2.